The van der Waals surface area contributed by atoms with Crippen molar-refractivity contribution in [1.29, 1.82) is 0 Å². The summed E-state index contributed by atoms with van der Waals surface area (Å²) >= 11 is 0. The van der Waals surface area contributed by atoms with Crippen molar-refractivity contribution in [2.24, 2.45) is 5.92 Å². The molecule has 0 amide bonds. The molecule has 0 aromatic carbocycles. The number of esters is 3. The van der Waals surface area contributed by atoms with Crippen LogP contribution in [0.25, 0.3) is 0 Å². The van der Waals surface area contributed by atoms with E-state index in [-0.39, 0.29) is 0 Å². The average molecular weight is 395 g/mol. The summed E-state index contributed by atoms with van der Waals surface area (Å²) in [6.45, 7) is 9.30. The lowest BCUT2D eigenvalue weighted by atomic mass is 10.0. The Morgan fingerprint density at radius 1 is 0.857 bits per heavy atom. The van der Waals surface area contributed by atoms with Crippen LogP contribution in [0.5, 0.6) is 0 Å². The monoisotopic (exact) mass is 394 g/mol. The van der Waals surface area contributed by atoms with Gasteiger partial charge in [0.2, 0.25) is 0 Å². The van der Waals surface area contributed by atoms with E-state index >= 15 is 0 Å². The van der Waals surface area contributed by atoms with Gasteiger partial charge in [0.15, 0.2) is 0 Å². The van der Waals surface area contributed by atoms with E-state index in [1.807, 2.05) is 0 Å². The van der Waals surface area contributed by atoms with E-state index in [1.54, 1.807) is 20.8 Å². The summed E-state index contributed by atoms with van der Waals surface area (Å²) in [5.41, 5.74) is 1.30. The summed E-state index contributed by atoms with van der Waals surface area (Å²) in [7, 11) is 2.56. The number of carbonyl (C=O) groups excluding carboxylic acids is 3. The lowest BCUT2D eigenvalue weighted by Crippen LogP contribution is -2.15. The van der Waals surface area contributed by atoms with Crippen LogP contribution in [0.15, 0.2) is 34.4 Å². The Morgan fingerprint density at radius 3 is 1.75 bits per heavy atom. The fourth-order valence-corrected chi connectivity index (χ4v) is 2.48. The first-order valence-corrected chi connectivity index (χ1v) is 9.62. The summed E-state index contributed by atoms with van der Waals surface area (Å²) in [4.78, 5) is 36.0. The van der Waals surface area contributed by atoms with Crippen LogP contribution in [0.2, 0.25) is 0 Å². The van der Waals surface area contributed by atoms with E-state index < -0.39 is 17.9 Å². The van der Waals surface area contributed by atoms with E-state index in [4.69, 9.17) is 14.2 Å². The Balaban J connectivity index is 5.68. The highest BCUT2D eigenvalue weighted by molar-refractivity contribution is 5.94. The van der Waals surface area contributed by atoms with Gasteiger partial charge in [0.25, 0.3) is 0 Å². The molecule has 0 saturated carbocycles. The second-order valence-corrected chi connectivity index (χ2v) is 6.73. The molecular formula is C22H34O6. The number of hydrogen-bond acceptors (Lipinski definition) is 6. The van der Waals surface area contributed by atoms with Crippen LogP contribution in [-0.2, 0) is 28.6 Å². The largest absolute Gasteiger partial charge is 0.466 e. The molecule has 0 spiro atoms. The molecule has 6 heteroatoms. The minimum Gasteiger partial charge on any atom is -0.466 e. The lowest BCUT2D eigenvalue weighted by molar-refractivity contribution is -0.140. The second kappa shape index (κ2) is 13.7. The predicted octanol–water partition coefficient (Wildman–Crippen LogP) is 4.30. The lowest BCUT2D eigenvalue weighted by Gasteiger charge is -2.15. The van der Waals surface area contributed by atoms with Gasteiger partial charge in [-0.1, -0.05) is 33.1 Å². The van der Waals surface area contributed by atoms with Crippen molar-refractivity contribution in [3.8, 4) is 0 Å². The van der Waals surface area contributed by atoms with Crippen molar-refractivity contribution in [3.63, 3.8) is 0 Å². The molecule has 0 fully saturated rings. The maximum absolute atomic E-state index is 12.5. The smallest absolute Gasteiger partial charge is 0.334 e. The molecule has 0 rings (SSSR count). The number of carbonyl (C=O) groups is 3. The van der Waals surface area contributed by atoms with Crippen LogP contribution in [0.1, 0.15) is 60.3 Å². The van der Waals surface area contributed by atoms with Crippen molar-refractivity contribution in [2.45, 2.75) is 60.3 Å². The van der Waals surface area contributed by atoms with Crippen molar-refractivity contribution in [1.82, 2.24) is 0 Å². The van der Waals surface area contributed by atoms with Gasteiger partial charge in [-0.2, -0.15) is 0 Å². The molecule has 158 valence electrons. The van der Waals surface area contributed by atoms with Gasteiger partial charge in [0.1, 0.15) is 0 Å². The van der Waals surface area contributed by atoms with Crippen molar-refractivity contribution in [2.75, 3.05) is 20.8 Å². The van der Waals surface area contributed by atoms with Gasteiger partial charge in [-0.25, -0.2) is 14.4 Å². The molecule has 0 aliphatic rings. The summed E-state index contributed by atoms with van der Waals surface area (Å²) in [6, 6.07) is 0. The zero-order valence-corrected chi connectivity index (χ0v) is 18.2. The molecular weight excluding hydrogens is 360 g/mol. The number of unbranched alkanes of at least 4 members (excludes halogenated alkanes) is 1. The van der Waals surface area contributed by atoms with Crippen molar-refractivity contribution in [3.05, 3.63) is 34.4 Å². The zero-order valence-electron chi connectivity index (χ0n) is 18.2. The van der Waals surface area contributed by atoms with Crippen LogP contribution in [0.4, 0.5) is 0 Å². The Morgan fingerprint density at radius 2 is 1.36 bits per heavy atom. The van der Waals surface area contributed by atoms with Gasteiger partial charge in [0.05, 0.1) is 20.8 Å². The van der Waals surface area contributed by atoms with E-state index in [0.717, 1.165) is 25.7 Å². The van der Waals surface area contributed by atoms with Crippen LogP contribution in [-0.4, -0.2) is 38.7 Å². The van der Waals surface area contributed by atoms with Crippen LogP contribution in [0, 0.1) is 5.92 Å². The number of ether oxygens (including phenoxy) is 3. The molecule has 0 aromatic rings. The Hall–Kier alpha value is -2.37. The molecule has 0 saturated heterocycles. The quantitative estimate of drug-likeness (QED) is 0.225. The highest BCUT2D eigenvalue weighted by Crippen LogP contribution is 2.18. The first-order chi connectivity index (χ1) is 13.2. The maximum atomic E-state index is 12.5. The average Bonchev–Trinajstić information content (AvgIpc) is 2.70. The predicted molar refractivity (Wildman–Crippen MR) is 109 cm³/mol. The Labute approximate surface area is 168 Å². The molecule has 0 radical (unpaired) electrons. The molecule has 28 heavy (non-hydrogen) atoms. The SMILES string of the molecule is CCCCC(CC)COC(=O)C(C)=C(C=C(C)C(=O)OC)C=C(C)C(=O)OC. The Bertz CT molecular complexity index is 605. The molecule has 0 heterocycles. The summed E-state index contributed by atoms with van der Waals surface area (Å²) < 4.78 is 14.9. The molecule has 1 atom stereocenters. The highest BCUT2D eigenvalue weighted by atomic mass is 16.5. The summed E-state index contributed by atoms with van der Waals surface area (Å²) in [5.74, 6) is -1.20. The number of hydrogen-bond donors (Lipinski definition) is 0. The van der Waals surface area contributed by atoms with Crippen molar-refractivity contribution >= 4 is 17.9 Å². The number of methoxy groups -OCH3 is 2. The van der Waals surface area contributed by atoms with Gasteiger partial charge in [-0.3, -0.25) is 0 Å². The summed E-state index contributed by atoms with van der Waals surface area (Å²) in [6.07, 6.45) is 7.15. The van der Waals surface area contributed by atoms with E-state index in [0.29, 0.717) is 34.8 Å². The second-order valence-electron chi connectivity index (χ2n) is 6.73. The molecule has 0 aliphatic heterocycles. The van der Waals surface area contributed by atoms with Crippen LogP contribution < -0.4 is 0 Å². The van der Waals surface area contributed by atoms with Crippen LogP contribution in [0.3, 0.4) is 0 Å². The summed E-state index contributed by atoms with van der Waals surface area (Å²) in [5, 5.41) is 0. The van der Waals surface area contributed by atoms with Crippen LogP contribution >= 0.6 is 0 Å². The minimum atomic E-state index is -0.520. The molecule has 0 aliphatic carbocycles. The zero-order chi connectivity index (χ0) is 21.7. The molecule has 6 nitrogen and oxygen atoms in total. The first-order valence-electron chi connectivity index (χ1n) is 9.62. The minimum absolute atomic E-state index is 0.299. The topological polar surface area (TPSA) is 78.9 Å². The Kier molecular flexibility index (Phi) is 12.6. The standard InChI is InChI=1S/C22H34O6/c1-8-10-11-18(9-2)14-28-22(25)17(5)19(12-15(3)20(23)26-6)13-16(4)21(24)27-7/h12-13,18H,8-11,14H2,1-7H3. The van der Waals surface area contributed by atoms with E-state index in [9.17, 15) is 14.4 Å². The van der Waals surface area contributed by atoms with Gasteiger partial charge in [0, 0.05) is 16.7 Å². The molecule has 0 N–H and O–H groups in total. The number of rotatable bonds is 11. The van der Waals surface area contributed by atoms with E-state index in [2.05, 4.69) is 13.8 Å². The molecule has 0 aromatic heterocycles. The third-order valence-electron chi connectivity index (χ3n) is 4.49. The fraction of sp³-hybridized carbons (Fsp3) is 0.591. The third kappa shape index (κ3) is 9.02. The third-order valence-corrected chi connectivity index (χ3v) is 4.49. The van der Waals surface area contributed by atoms with Gasteiger partial charge < -0.3 is 14.2 Å². The van der Waals surface area contributed by atoms with Gasteiger partial charge >= 0.3 is 17.9 Å². The highest BCUT2D eigenvalue weighted by Gasteiger charge is 2.16. The number of allylic oxidation sites excluding steroid dienone is 3. The normalized spacial score (nSPS) is 12.8. The van der Waals surface area contributed by atoms with Gasteiger partial charge in [-0.15, -0.1) is 0 Å². The fourth-order valence-electron chi connectivity index (χ4n) is 2.48. The molecule has 1 unspecified atom stereocenters. The molecule has 0 bridgehead atoms. The first kappa shape index (κ1) is 25.6. The van der Waals surface area contributed by atoms with E-state index in [1.165, 1.54) is 26.4 Å². The van der Waals surface area contributed by atoms with Gasteiger partial charge in [-0.05, 0) is 50.8 Å². The van der Waals surface area contributed by atoms with Crippen molar-refractivity contribution < 1.29 is 28.6 Å². The maximum Gasteiger partial charge on any atom is 0.334 e.